The molecule has 0 amide bonds. The van der Waals surface area contributed by atoms with E-state index in [9.17, 15) is 13.2 Å². The lowest BCUT2D eigenvalue weighted by Crippen LogP contribution is -2.33. The van der Waals surface area contributed by atoms with Crippen molar-refractivity contribution < 1.29 is 18.3 Å². The van der Waals surface area contributed by atoms with Crippen molar-refractivity contribution in [2.24, 2.45) is 0 Å². The summed E-state index contributed by atoms with van der Waals surface area (Å²) in [6.07, 6.45) is -1.29. The first kappa shape index (κ1) is 17.6. The highest BCUT2D eigenvalue weighted by atomic mass is 19.4. The maximum atomic E-state index is 12.8. The Kier molecular flexibility index (Phi) is 4.53. The number of halogens is 3. The molecule has 2 unspecified atom stereocenters. The monoisotopic (exact) mass is 361 g/mol. The number of fused-ring (bicyclic) bond motifs is 5. The average Bonchev–Trinajstić information content (AvgIpc) is 2.93. The molecule has 1 aliphatic heterocycles. The molecule has 2 aliphatic rings. The van der Waals surface area contributed by atoms with E-state index in [0.29, 0.717) is 12.0 Å². The minimum Gasteiger partial charge on any atom is -0.396 e. The van der Waals surface area contributed by atoms with E-state index in [-0.39, 0.29) is 6.61 Å². The third-order valence-corrected chi connectivity index (χ3v) is 5.75. The molecule has 0 spiro atoms. The van der Waals surface area contributed by atoms with Gasteiger partial charge in [-0.2, -0.15) is 13.2 Å². The van der Waals surface area contributed by atoms with E-state index in [1.165, 1.54) is 11.1 Å². The molecule has 2 bridgehead atoms. The molecule has 2 nitrogen and oxygen atoms in total. The van der Waals surface area contributed by atoms with E-state index in [4.69, 9.17) is 5.11 Å². The molecule has 1 N–H and O–H groups in total. The standard InChI is InChI=1S/C21H22F3NO/c22-21(23,24)17-5-2-14(3-6-17)15-4-7-18-16-8-10-25(9-1-11-26)20(13-16)19(18)12-15/h2-7,12,16,20,26H,1,8-11,13H2. The van der Waals surface area contributed by atoms with Gasteiger partial charge in [0.15, 0.2) is 0 Å². The molecule has 0 saturated carbocycles. The minimum absolute atomic E-state index is 0.200. The number of likely N-dealkylation sites (tertiary alicyclic amines) is 1. The Bertz CT molecular complexity index is 783. The van der Waals surface area contributed by atoms with Crippen LogP contribution in [0.1, 0.15) is 47.9 Å². The molecule has 1 heterocycles. The molecular weight excluding hydrogens is 339 g/mol. The Morgan fingerprint density at radius 2 is 1.73 bits per heavy atom. The molecule has 2 aromatic rings. The van der Waals surface area contributed by atoms with Crippen molar-refractivity contribution in [1.82, 2.24) is 4.90 Å². The van der Waals surface area contributed by atoms with Crippen molar-refractivity contribution in [3.63, 3.8) is 0 Å². The number of alkyl halides is 3. The van der Waals surface area contributed by atoms with Crippen LogP contribution in [0.2, 0.25) is 0 Å². The number of rotatable bonds is 4. The molecule has 1 saturated heterocycles. The lowest BCUT2D eigenvalue weighted by molar-refractivity contribution is -0.137. The van der Waals surface area contributed by atoms with Gasteiger partial charge in [-0.05, 0) is 72.2 Å². The summed E-state index contributed by atoms with van der Waals surface area (Å²) in [4.78, 5) is 2.44. The van der Waals surface area contributed by atoms with Gasteiger partial charge in [-0.25, -0.2) is 0 Å². The molecule has 5 heteroatoms. The van der Waals surface area contributed by atoms with E-state index >= 15 is 0 Å². The first-order valence-corrected chi connectivity index (χ1v) is 9.14. The van der Waals surface area contributed by atoms with Crippen molar-refractivity contribution in [2.75, 3.05) is 19.7 Å². The second kappa shape index (κ2) is 6.71. The van der Waals surface area contributed by atoms with Crippen LogP contribution < -0.4 is 0 Å². The Hall–Kier alpha value is -1.85. The van der Waals surface area contributed by atoms with Gasteiger partial charge in [-0.15, -0.1) is 0 Å². The maximum Gasteiger partial charge on any atom is 0.416 e. The summed E-state index contributed by atoms with van der Waals surface area (Å²) in [6, 6.07) is 12.1. The Labute approximate surface area is 151 Å². The van der Waals surface area contributed by atoms with E-state index in [1.807, 2.05) is 6.07 Å². The van der Waals surface area contributed by atoms with Crippen LogP contribution in [0.25, 0.3) is 11.1 Å². The summed E-state index contributed by atoms with van der Waals surface area (Å²) in [5.41, 5.74) is 3.85. The summed E-state index contributed by atoms with van der Waals surface area (Å²) in [6.45, 7) is 2.13. The number of benzene rings is 2. The van der Waals surface area contributed by atoms with Crippen molar-refractivity contribution in [3.05, 3.63) is 59.2 Å². The van der Waals surface area contributed by atoms with Gasteiger partial charge in [0, 0.05) is 19.2 Å². The molecule has 0 aromatic heterocycles. The molecule has 4 rings (SSSR count). The van der Waals surface area contributed by atoms with Crippen molar-refractivity contribution in [2.45, 2.75) is 37.4 Å². The SMILES string of the molecule is OCCCN1CCC2CC1c1cc(-c3ccc(C(F)(F)F)cc3)ccc12. The fourth-order valence-corrected chi connectivity index (χ4v) is 4.43. The largest absolute Gasteiger partial charge is 0.416 e. The van der Waals surface area contributed by atoms with Gasteiger partial charge in [-0.3, -0.25) is 4.90 Å². The van der Waals surface area contributed by atoms with Gasteiger partial charge in [0.25, 0.3) is 0 Å². The van der Waals surface area contributed by atoms with Crippen LogP contribution in [0.4, 0.5) is 13.2 Å². The van der Waals surface area contributed by atoms with Gasteiger partial charge in [0.2, 0.25) is 0 Å². The van der Waals surface area contributed by atoms with Crippen molar-refractivity contribution in [1.29, 1.82) is 0 Å². The number of piperidine rings is 1. The molecule has 26 heavy (non-hydrogen) atoms. The van der Waals surface area contributed by atoms with Crippen LogP contribution in [0.3, 0.4) is 0 Å². The minimum atomic E-state index is -4.30. The van der Waals surface area contributed by atoms with Crippen LogP contribution in [0.15, 0.2) is 42.5 Å². The Balaban J connectivity index is 1.63. The first-order chi connectivity index (χ1) is 12.5. The highest BCUT2D eigenvalue weighted by Gasteiger charge is 2.38. The van der Waals surface area contributed by atoms with Gasteiger partial charge in [0.1, 0.15) is 0 Å². The summed E-state index contributed by atoms with van der Waals surface area (Å²) < 4.78 is 38.3. The predicted octanol–water partition coefficient (Wildman–Crippen LogP) is 4.99. The predicted molar refractivity (Wildman–Crippen MR) is 94.9 cm³/mol. The zero-order valence-corrected chi connectivity index (χ0v) is 14.5. The quantitative estimate of drug-likeness (QED) is 0.829. The smallest absolute Gasteiger partial charge is 0.396 e. The summed E-state index contributed by atoms with van der Waals surface area (Å²) in [5, 5.41) is 9.13. The average molecular weight is 361 g/mol. The molecular formula is C21H22F3NO. The molecule has 1 aliphatic carbocycles. The topological polar surface area (TPSA) is 23.5 Å². The molecule has 0 radical (unpaired) electrons. The lowest BCUT2D eigenvalue weighted by Gasteiger charge is -2.33. The van der Waals surface area contributed by atoms with Crippen molar-refractivity contribution in [3.8, 4) is 11.1 Å². The third-order valence-electron chi connectivity index (χ3n) is 5.75. The third kappa shape index (κ3) is 3.14. The molecule has 2 aromatic carbocycles. The molecule has 138 valence electrons. The number of hydrogen-bond donors (Lipinski definition) is 1. The number of hydrogen-bond acceptors (Lipinski definition) is 2. The lowest BCUT2D eigenvalue weighted by atomic mass is 9.94. The highest BCUT2D eigenvalue weighted by Crippen LogP contribution is 2.49. The van der Waals surface area contributed by atoms with Gasteiger partial charge in [-0.1, -0.05) is 24.3 Å². The van der Waals surface area contributed by atoms with Crippen LogP contribution in [-0.4, -0.2) is 29.7 Å². The first-order valence-electron chi connectivity index (χ1n) is 9.14. The zero-order valence-electron chi connectivity index (χ0n) is 14.5. The summed E-state index contributed by atoms with van der Waals surface area (Å²) in [7, 11) is 0. The van der Waals surface area contributed by atoms with E-state index in [2.05, 4.69) is 17.0 Å². The highest BCUT2D eigenvalue weighted by molar-refractivity contribution is 5.66. The van der Waals surface area contributed by atoms with Crippen LogP contribution >= 0.6 is 0 Å². The number of nitrogens with zero attached hydrogens (tertiary/aromatic N) is 1. The van der Waals surface area contributed by atoms with E-state index < -0.39 is 11.7 Å². The van der Waals surface area contributed by atoms with Crippen molar-refractivity contribution >= 4 is 0 Å². The summed E-state index contributed by atoms with van der Waals surface area (Å²) in [5.74, 6) is 0.585. The van der Waals surface area contributed by atoms with Crippen LogP contribution in [0, 0.1) is 0 Å². The van der Waals surface area contributed by atoms with E-state index in [1.54, 1.807) is 12.1 Å². The zero-order chi connectivity index (χ0) is 18.3. The second-order valence-electron chi connectivity index (χ2n) is 7.27. The maximum absolute atomic E-state index is 12.8. The van der Waals surface area contributed by atoms with E-state index in [0.717, 1.165) is 55.6 Å². The number of aliphatic hydroxyl groups excluding tert-OH is 1. The van der Waals surface area contributed by atoms with Gasteiger partial charge in [0.05, 0.1) is 5.56 Å². The molecule has 1 fully saturated rings. The van der Waals surface area contributed by atoms with Crippen LogP contribution in [0.5, 0.6) is 0 Å². The van der Waals surface area contributed by atoms with Gasteiger partial charge >= 0.3 is 6.18 Å². The van der Waals surface area contributed by atoms with Crippen LogP contribution in [-0.2, 0) is 6.18 Å². The normalized spacial score (nSPS) is 22.5. The van der Waals surface area contributed by atoms with Gasteiger partial charge < -0.3 is 5.11 Å². The number of aliphatic hydroxyl groups is 1. The summed E-state index contributed by atoms with van der Waals surface area (Å²) >= 11 is 0. The fraction of sp³-hybridized carbons (Fsp3) is 0.429. The Morgan fingerprint density at radius 1 is 1.00 bits per heavy atom. The second-order valence-corrected chi connectivity index (χ2v) is 7.27. The fourth-order valence-electron chi connectivity index (χ4n) is 4.43. The Morgan fingerprint density at radius 3 is 2.42 bits per heavy atom. The molecule has 2 atom stereocenters.